The van der Waals surface area contributed by atoms with E-state index in [-0.39, 0.29) is 17.6 Å². The second kappa shape index (κ2) is 10.4. The number of nitrogens with zero attached hydrogens (tertiary/aromatic N) is 3. The van der Waals surface area contributed by atoms with E-state index in [9.17, 15) is 4.79 Å². The molecule has 1 atom stereocenters. The average molecular weight is 488 g/mol. The van der Waals surface area contributed by atoms with E-state index in [0.29, 0.717) is 28.8 Å². The molecule has 0 saturated heterocycles. The Hall–Kier alpha value is -2.58. The topological polar surface area (TPSA) is 66.2 Å². The zero-order valence-corrected chi connectivity index (χ0v) is 19.1. The van der Waals surface area contributed by atoms with Crippen molar-refractivity contribution in [2.24, 2.45) is 0 Å². The maximum Gasteiger partial charge on any atom is 0.192 e. The summed E-state index contributed by atoms with van der Waals surface area (Å²) in [5, 5.41) is 9.23. The molecule has 1 aromatic heterocycles. The fourth-order valence-electron chi connectivity index (χ4n) is 2.77. The number of allylic oxidation sites excluding steroid dienone is 1. The Kier molecular flexibility index (Phi) is 7.70. The lowest BCUT2D eigenvalue weighted by Gasteiger charge is -2.16. The van der Waals surface area contributed by atoms with E-state index < -0.39 is 0 Å². The summed E-state index contributed by atoms with van der Waals surface area (Å²) in [5.41, 5.74) is 0.664. The van der Waals surface area contributed by atoms with Crippen LogP contribution in [0.25, 0.3) is 0 Å². The number of aromatic nitrogens is 3. The molecule has 3 rings (SSSR count). The molecular weight excluding hydrogens is 466 g/mol. The molecule has 1 unspecified atom stereocenters. The van der Waals surface area contributed by atoms with Crippen molar-refractivity contribution >= 4 is 33.5 Å². The first-order valence-electron chi connectivity index (χ1n) is 9.28. The third-order valence-electron chi connectivity index (χ3n) is 4.29. The normalized spacial score (nSPS) is 11.7. The number of Topliss-reactive ketones (excluding diaryl/α,β-unsaturated/α-hetero) is 1. The van der Waals surface area contributed by atoms with Gasteiger partial charge < -0.3 is 9.47 Å². The minimum absolute atomic E-state index is 0.0322. The predicted molar refractivity (Wildman–Crippen MR) is 121 cm³/mol. The summed E-state index contributed by atoms with van der Waals surface area (Å²) in [6.07, 6.45) is 1.44. The van der Waals surface area contributed by atoms with Gasteiger partial charge in [-0.05, 0) is 43.3 Å². The van der Waals surface area contributed by atoms with E-state index >= 15 is 0 Å². The summed E-state index contributed by atoms with van der Waals surface area (Å²) >= 11 is 4.73. The monoisotopic (exact) mass is 487 g/mol. The summed E-state index contributed by atoms with van der Waals surface area (Å²) in [6, 6.07) is 14.7. The Morgan fingerprint density at radius 2 is 1.83 bits per heavy atom. The summed E-state index contributed by atoms with van der Waals surface area (Å²) in [5.74, 6) is 2.44. The molecular formula is C22H22BrN3O3S. The Morgan fingerprint density at radius 3 is 2.47 bits per heavy atom. The predicted octanol–water partition coefficient (Wildman–Crippen LogP) is 5.35. The first kappa shape index (κ1) is 22.1. The third-order valence-corrected chi connectivity index (χ3v) is 5.79. The van der Waals surface area contributed by atoms with Gasteiger partial charge in [-0.25, -0.2) is 0 Å². The molecule has 0 spiro atoms. The summed E-state index contributed by atoms with van der Waals surface area (Å²) in [6.45, 7) is 6.25. The van der Waals surface area contributed by atoms with Gasteiger partial charge in [0.1, 0.15) is 11.5 Å². The molecule has 0 aliphatic heterocycles. The van der Waals surface area contributed by atoms with Crippen LogP contribution in [0.3, 0.4) is 0 Å². The van der Waals surface area contributed by atoms with Crippen LogP contribution in [-0.2, 0) is 6.54 Å². The van der Waals surface area contributed by atoms with Gasteiger partial charge in [0, 0.05) is 16.6 Å². The van der Waals surface area contributed by atoms with Gasteiger partial charge in [0.15, 0.2) is 22.9 Å². The number of hydrogen-bond donors (Lipinski definition) is 0. The maximum absolute atomic E-state index is 12.5. The van der Waals surface area contributed by atoms with Crippen LogP contribution in [0, 0.1) is 0 Å². The molecule has 0 aliphatic rings. The van der Waals surface area contributed by atoms with Crippen LogP contribution in [0.15, 0.2) is 70.8 Å². The zero-order valence-electron chi connectivity index (χ0n) is 16.7. The lowest BCUT2D eigenvalue weighted by atomic mass is 10.2. The number of carbonyl (C=O) groups excluding carboxylic acids is 1. The lowest BCUT2D eigenvalue weighted by Crippen LogP contribution is -2.12. The van der Waals surface area contributed by atoms with Crippen molar-refractivity contribution in [2.75, 3.05) is 12.9 Å². The number of rotatable bonds is 10. The number of methoxy groups -OCH3 is 1. The van der Waals surface area contributed by atoms with Crippen LogP contribution in [0.4, 0.5) is 0 Å². The van der Waals surface area contributed by atoms with Crippen LogP contribution >= 0.6 is 27.7 Å². The largest absolute Gasteiger partial charge is 0.497 e. The van der Waals surface area contributed by atoms with Crippen LogP contribution in [0.5, 0.6) is 11.5 Å². The fourth-order valence-corrected chi connectivity index (χ4v) is 3.88. The first-order valence-corrected chi connectivity index (χ1v) is 11.1. The fraction of sp³-hybridized carbons (Fsp3) is 0.227. The van der Waals surface area contributed by atoms with Gasteiger partial charge in [-0.3, -0.25) is 9.36 Å². The highest BCUT2D eigenvalue weighted by Crippen LogP contribution is 2.26. The molecule has 3 aromatic rings. The van der Waals surface area contributed by atoms with Gasteiger partial charge in [-0.15, -0.1) is 16.8 Å². The van der Waals surface area contributed by atoms with Crippen molar-refractivity contribution < 1.29 is 14.3 Å². The molecule has 0 bridgehead atoms. The molecule has 0 amide bonds. The minimum Gasteiger partial charge on any atom is -0.497 e. The molecule has 8 heteroatoms. The molecule has 30 heavy (non-hydrogen) atoms. The van der Waals surface area contributed by atoms with Gasteiger partial charge in [-0.1, -0.05) is 45.9 Å². The quantitative estimate of drug-likeness (QED) is 0.218. The molecule has 156 valence electrons. The highest BCUT2D eigenvalue weighted by atomic mass is 79.9. The highest BCUT2D eigenvalue weighted by Gasteiger charge is 2.20. The maximum atomic E-state index is 12.5. The van der Waals surface area contributed by atoms with Gasteiger partial charge in [0.05, 0.1) is 12.9 Å². The van der Waals surface area contributed by atoms with Crippen LogP contribution in [-0.4, -0.2) is 33.4 Å². The number of ether oxygens (including phenoxy) is 2. The van der Waals surface area contributed by atoms with Crippen molar-refractivity contribution in [1.82, 2.24) is 14.8 Å². The standard InChI is InChI=1S/C22H22BrN3O3S/c1-4-13-26-21(15(2)29-19-11-9-18(28-3)10-12-19)24-25-22(26)30-14-20(27)16-5-7-17(23)8-6-16/h4-12,15H,1,13-14H2,2-3H3. The van der Waals surface area contributed by atoms with Crippen LogP contribution < -0.4 is 9.47 Å². The summed E-state index contributed by atoms with van der Waals surface area (Å²) in [4.78, 5) is 12.5. The number of ketones is 1. The number of benzene rings is 2. The van der Waals surface area contributed by atoms with E-state index in [1.807, 2.05) is 47.9 Å². The molecule has 0 aliphatic carbocycles. The number of halogens is 1. The molecule has 0 fully saturated rings. The van der Waals surface area contributed by atoms with Crippen molar-refractivity contribution in [2.45, 2.75) is 24.7 Å². The van der Waals surface area contributed by atoms with Gasteiger partial charge in [0.2, 0.25) is 0 Å². The van der Waals surface area contributed by atoms with Gasteiger partial charge in [0.25, 0.3) is 0 Å². The van der Waals surface area contributed by atoms with E-state index in [4.69, 9.17) is 9.47 Å². The Morgan fingerprint density at radius 1 is 1.17 bits per heavy atom. The van der Waals surface area contributed by atoms with E-state index in [1.165, 1.54) is 11.8 Å². The van der Waals surface area contributed by atoms with Gasteiger partial charge >= 0.3 is 0 Å². The Labute approximate surface area is 188 Å². The molecule has 2 aromatic carbocycles. The Balaban J connectivity index is 1.70. The second-order valence-corrected chi connectivity index (χ2v) is 8.25. The smallest absolute Gasteiger partial charge is 0.192 e. The van der Waals surface area contributed by atoms with Crippen molar-refractivity contribution in [3.8, 4) is 11.5 Å². The lowest BCUT2D eigenvalue weighted by molar-refractivity contribution is 0.102. The minimum atomic E-state index is -0.331. The average Bonchev–Trinajstić information content (AvgIpc) is 3.16. The highest BCUT2D eigenvalue weighted by molar-refractivity contribution is 9.10. The van der Waals surface area contributed by atoms with E-state index in [0.717, 1.165) is 10.2 Å². The van der Waals surface area contributed by atoms with Gasteiger partial charge in [-0.2, -0.15) is 0 Å². The van der Waals surface area contributed by atoms with E-state index in [2.05, 4.69) is 32.7 Å². The molecule has 0 N–H and O–H groups in total. The third kappa shape index (κ3) is 5.52. The first-order chi connectivity index (χ1) is 14.5. The number of hydrogen-bond acceptors (Lipinski definition) is 6. The van der Waals surface area contributed by atoms with Crippen LogP contribution in [0.1, 0.15) is 29.2 Å². The second-order valence-electron chi connectivity index (χ2n) is 6.39. The SMILES string of the molecule is C=CCn1c(SCC(=O)c2ccc(Br)cc2)nnc1C(C)Oc1ccc(OC)cc1. The summed E-state index contributed by atoms with van der Waals surface area (Å²) < 4.78 is 14.0. The van der Waals surface area contributed by atoms with Crippen molar-refractivity contribution in [3.05, 3.63) is 77.0 Å². The molecule has 6 nitrogen and oxygen atoms in total. The zero-order chi connectivity index (χ0) is 21.5. The Bertz CT molecular complexity index is 1000. The van der Waals surface area contributed by atoms with Crippen LogP contribution in [0.2, 0.25) is 0 Å². The summed E-state index contributed by atoms with van der Waals surface area (Å²) in [7, 11) is 1.62. The molecule has 0 radical (unpaired) electrons. The van der Waals surface area contributed by atoms with E-state index in [1.54, 1.807) is 25.3 Å². The molecule has 1 heterocycles. The molecule has 0 saturated carbocycles. The van der Waals surface area contributed by atoms with Crippen molar-refractivity contribution in [3.63, 3.8) is 0 Å². The van der Waals surface area contributed by atoms with Crippen molar-refractivity contribution in [1.29, 1.82) is 0 Å². The number of thioether (sulfide) groups is 1. The number of carbonyl (C=O) groups is 1.